The molecule has 1 heterocycles. The smallest absolute Gasteiger partial charge is 0.0547 e. The van der Waals surface area contributed by atoms with Crippen molar-refractivity contribution < 1.29 is 0 Å². The van der Waals surface area contributed by atoms with E-state index >= 15 is 0 Å². The molecule has 65 heavy (non-hydrogen) atoms. The van der Waals surface area contributed by atoms with Crippen molar-refractivity contribution in [1.82, 2.24) is 4.57 Å². The lowest BCUT2D eigenvalue weighted by Crippen LogP contribution is -2.16. The lowest BCUT2D eigenvalue weighted by molar-refractivity contribution is 0.660. The molecule has 0 atom stereocenters. The molecule has 1 aromatic heterocycles. The van der Waals surface area contributed by atoms with E-state index in [4.69, 9.17) is 0 Å². The van der Waals surface area contributed by atoms with E-state index in [-0.39, 0.29) is 5.41 Å². The van der Waals surface area contributed by atoms with Crippen LogP contribution in [0.1, 0.15) is 25.0 Å². The molecule has 10 aromatic carbocycles. The van der Waals surface area contributed by atoms with Crippen molar-refractivity contribution in [1.29, 1.82) is 0 Å². The Morgan fingerprint density at radius 2 is 0.708 bits per heavy atom. The second-order valence-electron chi connectivity index (χ2n) is 17.8. The molecule has 0 aliphatic heterocycles. The topological polar surface area (TPSA) is 8.17 Å². The highest BCUT2D eigenvalue weighted by Gasteiger charge is 2.36. The van der Waals surface area contributed by atoms with Crippen molar-refractivity contribution in [2.75, 3.05) is 4.90 Å². The number of nitrogens with zero attached hydrogens (tertiary/aromatic N) is 2. The number of hydrogen-bond acceptors (Lipinski definition) is 1. The van der Waals surface area contributed by atoms with E-state index in [0.717, 1.165) is 17.1 Å². The number of fused-ring (bicyclic) bond motifs is 6. The molecule has 0 unspecified atom stereocenters. The number of aromatic nitrogens is 1. The zero-order valence-corrected chi connectivity index (χ0v) is 36.5. The lowest BCUT2D eigenvalue weighted by Gasteiger charge is -2.28. The maximum atomic E-state index is 2.42. The van der Waals surface area contributed by atoms with Crippen molar-refractivity contribution in [3.63, 3.8) is 0 Å². The summed E-state index contributed by atoms with van der Waals surface area (Å²) in [6, 6.07) is 88.7. The highest BCUT2D eigenvalue weighted by Crippen LogP contribution is 2.52. The van der Waals surface area contributed by atoms with Crippen LogP contribution in [0, 0.1) is 0 Å². The van der Waals surface area contributed by atoms with Crippen molar-refractivity contribution in [2.24, 2.45) is 0 Å². The summed E-state index contributed by atoms with van der Waals surface area (Å²) in [6.07, 6.45) is 0. The molecule has 0 bridgehead atoms. The van der Waals surface area contributed by atoms with E-state index in [1.165, 1.54) is 94.3 Å². The van der Waals surface area contributed by atoms with Gasteiger partial charge in [0.25, 0.3) is 0 Å². The Morgan fingerprint density at radius 1 is 0.308 bits per heavy atom. The van der Waals surface area contributed by atoms with Gasteiger partial charge in [-0.05, 0) is 133 Å². The molecule has 2 nitrogen and oxygen atoms in total. The normalized spacial score (nSPS) is 12.6. The van der Waals surface area contributed by atoms with Gasteiger partial charge in [-0.15, -0.1) is 0 Å². The van der Waals surface area contributed by atoms with E-state index in [0.29, 0.717) is 0 Å². The molecule has 0 amide bonds. The predicted octanol–water partition coefficient (Wildman–Crippen LogP) is 17.2. The maximum Gasteiger partial charge on any atom is 0.0547 e. The Bertz CT molecular complexity index is 3510. The van der Waals surface area contributed by atoms with Gasteiger partial charge < -0.3 is 9.47 Å². The van der Waals surface area contributed by atoms with Gasteiger partial charge >= 0.3 is 0 Å². The van der Waals surface area contributed by atoms with Crippen LogP contribution in [-0.4, -0.2) is 4.57 Å². The summed E-state index contributed by atoms with van der Waals surface area (Å²) in [5, 5.41) is 2.53. The van der Waals surface area contributed by atoms with E-state index in [9.17, 15) is 0 Å². The first-order chi connectivity index (χ1) is 32.0. The monoisotopic (exact) mass is 830 g/mol. The van der Waals surface area contributed by atoms with Crippen molar-refractivity contribution >= 4 is 38.9 Å². The van der Waals surface area contributed by atoms with Gasteiger partial charge in [-0.3, -0.25) is 0 Å². The zero-order valence-electron chi connectivity index (χ0n) is 36.5. The highest BCUT2D eigenvalue weighted by atomic mass is 15.1. The van der Waals surface area contributed by atoms with Gasteiger partial charge in [-0.25, -0.2) is 0 Å². The standard InChI is InChI=1S/C63H46N2/c1-63(2)59-40-49(44-16-8-4-9-17-44)30-37-55(59)56-39-36-54(42-60(56)63)64(52-32-26-46(27-33-52)43-14-6-3-7-15-43)53-34-28-47(29-35-53)45-22-24-48(25-23-45)50-31-38-58-57-20-12-13-21-61(57)65(62(58)41-50)51-18-10-5-11-19-51/h3-42H,1-2H3. The molecular formula is C63H46N2. The molecule has 2 heteroatoms. The Labute approximate surface area is 381 Å². The molecule has 0 N–H and O–H groups in total. The second-order valence-corrected chi connectivity index (χ2v) is 17.8. The van der Waals surface area contributed by atoms with E-state index in [1.54, 1.807) is 0 Å². The SMILES string of the molecule is CC1(C)c2cc(-c3ccccc3)ccc2-c2ccc(N(c3ccc(-c4ccccc4)cc3)c3ccc(-c4ccc(-c5ccc6c7ccccc7n(-c7ccccc7)c6c5)cc4)cc3)cc21. The van der Waals surface area contributed by atoms with Crippen LogP contribution in [0.2, 0.25) is 0 Å². The first kappa shape index (κ1) is 38.5. The fourth-order valence-electron chi connectivity index (χ4n) is 10.2. The van der Waals surface area contributed by atoms with Crippen molar-refractivity contribution in [3.05, 3.63) is 254 Å². The fourth-order valence-corrected chi connectivity index (χ4v) is 10.2. The average molecular weight is 831 g/mol. The fraction of sp³-hybridized carbons (Fsp3) is 0.0476. The number of benzene rings is 10. The average Bonchev–Trinajstić information content (AvgIpc) is 3.82. The van der Waals surface area contributed by atoms with Gasteiger partial charge in [0.2, 0.25) is 0 Å². The third-order valence-electron chi connectivity index (χ3n) is 13.6. The molecule has 1 aliphatic carbocycles. The van der Waals surface area contributed by atoms with E-state index < -0.39 is 0 Å². The van der Waals surface area contributed by atoms with E-state index in [2.05, 4.69) is 266 Å². The molecule has 12 rings (SSSR count). The Kier molecular flexibility index (Phi) is 9.21. The van der Waals surface area contributed by atoms with Crippen LogP contribution in [0.15, 0.2) is 243 Å². The lowest BCUT2D eigenvalue weighted by atomic mass is 9.81. The summed E-state index contributed by atoms with van der Waals surface area (Å²) in [5.41, 5.74) is 21.8. The van der Waals surface area contributed by atoms with Gasteiger partial charge in [0.05, 0.1) is 11.0 Å². The zero-order chi connectivity index (χ0) is 43.5. The van der Waals surface area contributed by atoms with Gasteiger partial charge in [-0.1, -0.05) is 190 Å². The number of hydrogen-bond donors (Lipinski definition) is 0. The summed E-state index contributed by atoms with van der Waals surface area (Å²) in [4.78, 5) is 2.40. The van der Waals surface area contributed by atoms with Crippen molar-refractivity contribution in [3.8, 4) is 61.3 Å². The molecule has 0 saturated heterocycles. The minimum Gasteiger partial charge on any atom is -0.310 e. The molecule has 0 saturated carbocycles. The van der Waals surface area contributed by atoms with Gasteiger partial charge in [-0.2, -0.15) is 0 Å². The second kappa shape index (κ2) is 15.6. The molecule has 0 radical (unpaired) electrons. The summed E-state index contributed by atoms with van der Waals surface area (Å²) in [6.45, 7) is 4.75. The molecule has 0 fully saturated rings. The van der Waals surface area contributed by atoms with Crippen molar-refractivity contribution in [2.45, 2.75) is 19.3 Å². The van der Waals surface area contributed by atoms with Crippen LogP contribution >= 0.6 is 0 Å². The third-order valence-corrected chi connectivity index (χ3v) is 13.6. The third kappa shape index (κ3) is 6.65. The molecule has 0 spiro atoms. The van der Waals surface area contributed by atoms with Gasteiger partial charge in [0.1, 0.15) is 0 Å². The van der Waals surface area contributed by atoms with Crippen LogP contribution in [0.25, 0.3) is 83.1 Å². The minimum atomic E-state index is -0.170. The van der Waals surface area contributed by atoms with Crippen LogP contribution in [0.5, 0.6) is 0 Å². The highest BCUT2D eigenvalue weighted by molar-refractivity contribution is 6.10. The number of para-hydroxylation sites is 2. The number of anilines is 3. The maximum absolute atomic E-state index is 2.42. The molecule has 1 aliphatic rings. The van der Waals surface area contributed by atoms with Crippen LogP contribution in [0.3, 0.4) is 0 Å². The Hall–Kier alpha value is -8.20. The van der Waals surface area contributed by atoms with Crippen LogP contribution < -0.4 is 4.90 Å². The van der Waals surface area contributed by atoms with Gasteiger partial charge in [0, 0.05) is 38.9 Å². The van der Waals surface area contributed by atoms with Crippen LogP contribution in [0.4, 0.5) is 17.1 Å². The summed E-state index contributed by atoms with van der Waals surface area (Å²) in [7, 11) is 0. The Balaban J connectivity index is 0.887. The molecule has 11 aromatic rings. The summed E-state index contributed by atoms with van der Waals surface area (Å²) >= 11 is 0. The quantitative estimate of drug-likeness (QED) is 0.148. The summed E-state index contributed by atoms with van der Waals surface area (Å²) in [5.74, 6) is 0. The largest absolute Gasteiger partial charge is 0.310 e. The molecular weight excluding hydrogens is 785 g/mol. The first-order valence-corrected chi connectivity index (χ1v) is 22.6. The predicted molar refractivity (Wildman–Crippen MR) is 275 cm³/mol. The van der Waals surface area contributed by atoms with Crippen LogP contribution in [-0.2, 0) is 5.41 Å². The summed E-state index contributed by atoms with van der Waals surface area (Å²) < 4.78 is 2.38. The minimum absolute atomic E-state index is 0.170. The van der Waals surface area contributed by atoms with Gasteiger partial charge in [0.15, 0.2) is 0 Å². The first-order valence-electron chi connectivity index (χ1n) is 22.6. The van der Waals surface area contributed by atoms with E-state index in [1.807, 2.05) is 0 Å². The Morgan fingerprint density at radius 3 is 1.32 bits per heavy atom. The number of rotatable bonds is 8. The molecule has 308 valence electrons.